The molecule has 2 aromatic rings. The summed E-state index contributed by atoms with van der Waals surface area (Å²) in [6.07, 6.45) is 0. The molecule has 2 N–H and O–H groups in total. The van der Waals surface area contributed by atoms with Gasteiger partial charge in [-0.25, -0.2) is 0 Å². The lowest BCUT2D eigenvalue weighted by molar-refractivity contribution is -0.125. The Labute approximate surface area is 138 Å². The van der Waals surface area contributed by atoms with Crippen molar-refractivity contribution in [2.24, 2.45) is 5.92 Å². The predicted octanol–water partition coefficient (Wildman–Crippen LogP) is 3.18. The number of amides is 1. The first-order valence-electron chi connectivity index (χ1n) is 8.28. The molecule has 0 spiro atoms. The van der Waals surface area contributed by atoms with E-state index < -0.39 is 0 Å². The van der Waals surface area contributed by atoms with Crippen LogP contribution in [-0.2, 0) is 4.79 Å². The molecular formula is C20H24N2O. The van der Waals surface area contributed by atoms with Crippen LogP contribution in [0.3, 0.4) is 0 Å². The van der Waals surface area contributed by atoms with E-state index in [1.165, 1.54) is 11.1 Å². The zero-order valence-electron chi connectivity index (χ0n) is 13.8. The second-order valence-electron chi connectivity index (χ2n) is 6.42. The lowest BCUT2D eigenvalue weighted by Crippen LogP contribution is -2.36. The van der Waals surface area contributed by atoms with E-state index in [0.29, 0.717) is 0 Å². The molecule has 1 fully saturated rings. The van der Waals surface area contributed by atoms with Crippen molar-refractivity contribution in [3.8, 4) is 0 Å². The smallest absolute Gasteiger partial charge is 0.225 e. The zero-order valence-corrected chi connectivity index (χ0v) is 13.8. The van der Waals surface area contributed by atoms with Crippen LogP contribution in [0.1, 0.15) is 35.6 Å². The summed E-state index contributed by atoms with van der Waals surface area (Å²) >= 11 is 0. The van der Waals surface area contributed by atoms with E-state index in [1.54, 1.807) is 0 Å². The number of benzene rings is 2. The van der Waals surface area contributed by atoms with Gasteiger partial charge in [0.05, 0.1) is 12.0 Å². The van der Waals surface area contributed by atoms with Crippen LogP contribution in [0.25, 0.3) is 0 Å². The van der Waals surface area contributed by atoms with Crippen molar-refractivity contribution >= 4 is 5.91 Å². The second-order valence-corrected chi connectivity index (χ2v) is 6.42. The Morgan fingerprint density at radius 1 is 1.09 bits per heavy atom. The Kier molecular flexibility index (Phi) is 4.77. The Bertz CT molecular complexity index is 651. The molecular weight excluding hydrogens is 284 g/mol. The van der Waals surface area contributed by atoms with Crippen LogP contribution < -0.4 is 10.6 Å². The third-order valence-corrected chi connectivity index (χ3v) is 4.71. The van der Waals surface area contributed by atoms with E-state index in [4.69, 9.17) is 0 Å². The third-order valence-electron chi connectivity index (χ3n) is 4.71. The van der Waals surface area contributed by atoms with E-state index in [-0.39, 0.29) is 23.8 Å². The fraction of sp³-hybridized carbons (Fsp3) is 0.350. The van der Waals surface area contributed by atoms with Crippen LogP contribution in [0.2, 0.25) is 0 Å². The number of aryl methyl sites for hydroxylation is 1. The molecule has 1 aliphatic rings. The molecule has 1 saturated heterocycles. The van der Waals surface area contributed by atoms with Gasteiger partial charge in [0.1, 0.15) is 0 Å². The third kappa shape index (κ3) is 3.62. The van der Waals surface area contributed by atoms with Crippen LogP contribution in [0.15, 0.2) is 54.6 Å². The molecule has 120 valence electrons. The standard InChI is InChI=1S/C20H24N2O/c1-14-8-10-17(11-9-14)18-12-21-13-19(18)20(23)22-15(2)16-6-4-3-5-7-16/h3-11,15,18-19,21H,12-13H2,1-2H3,(H,22,23). The second kappa shape index (κ2) is 6.97. The molecule has 0 bridgehead atoms. The number of nitrogens with one attached hydrogen (secondary N) is 2. The van der Waals surface area contributed by atoms with Gasteiger partial charge in [-0.15, -0.1) is 0 Å². The van der Waals surface area contributed by atoms with Crippen LogP contribution in [0, 0.1) is 12.8 Å². The normalized spacial score (nSPS) is 21.8. The summed E-state index contributed by atoms with van der Waals surface area (Å²) in [6, 6.07) is 18.7. The van der Waals surface area contributed by atoms with Gasteiger partial charge >= 0.3 is 0 Å². The minimum atomic E-state index is -0.0103. The van der Waals surface area contributed by atoms with Gasteiger partial charge in [-0.1, -0.05) is 60.2 Å². The number of hydrogen-bond donors (Lipinski definition) is 2. The molecule has 0 aliphatic carbocycles. The number of carbonyl (C=O) groups is 1. The van der Waals surface area contributed by atoms with Crippen molar-refractivity contribution in [2.45, 2.75) is 25.8 Å². The van der Waals surface area contributed by atoms with Crippen molar-refractivity contribution in [2.75, 3.05) is 13.1 Å². The highest BCUT2D eigenvalue weighted by Gasteiger charge is 2.34. The number of carbonyl (C=O) groups excluding carboxylic acids is 1. The molecule has 0 saturated carbocycles. The van der Waals surface area contributed by atoms with E-state index in [9.17, 15) is 4.79 Å². The molecule has 2 aromatic carbocycles. The van der Waals surface area contributed by atoms with Gasteiger partial charge < -0.3 is 10.6 Å². The molecule has 3 rings (SSSR count). The highest BCUT2D eigenvalue weighted by atomic mass is 16.2. The molecule has 3 unspecified atom stereocenters. The summed E-state index contributed by atoms with van der Waals surface area (Å²) in [5.74, 6) is 0.374. The van der Waals surface area contributed by atoms with Gasteiger partial charge in [-0.2, -0.15) is 0 Å². The first-order valence-corrected chi connectivity index (χ1v) is 8.28. The van der Waals surface area contributed by atoms with Crippen molar-refractivity contribution < 1.29 is 4.79 Å². The summed E-state index contributed by atoms with van der Waals surface area (Å²) < 4.78 is 0. The highest BCUT2D eigenvalue weighted by molar-refractivity contribution is 5.81. The Hall–Kier alpha value is -2.13. The molecule has 1 heterocycles. The van der Waals surface area contributed by atoms with E-state index in [0.717, 1.165) is 18.7 Å². The van der Waals surface area contributed by atoms with Crippen LogP contribution in [0.5, 0.6) is 0 Å². The van der Waals surface area contributed by atoms with Gasteiger partial charge in [0, 0.05) is 19.0 Å². The molecule has 1 aliphatic heterocycles. The summed E-state index contributed by atoms with van der Waals surface area (Å²) in [4.78, 5) is 12.7. The lowest BCUT2D eigenvalue weighted by Gasteiger charge is -2.22. The van der Waals surface area contributed by atoms with Gasteiger partial charge in [-0.3, -0.25) is 4.79 Å². The summed E-state index contributed by atoms with van der Waals surface area (Å²) in [5, 5.41) is 6.54. The average Bonchev–Trinajstić information content (AvgIpc) is 3.06. The average molecular weight is 308 g/mol. The molecule has 1 amide bonds. The topological polar surface area (TPSA) is 41.1 Å². The summed E-state index contributed by atoms with van der Waals surface area (Å²) in [5.41, 5.74) is 3.63. The fourth-order valence-electron chi connectivity index (χ4n) is 3.26. The van der Waals surface area contributed by atoms with Crippen molar-refractivity contribution in [1.29, 1.82) is 0 Å². The van der Waals surface area contributed by atoms with Crippen molar-refractivity contribution in [3.05, 3.63) is 71.3 Å². The van der Waals surface area contributed by atoms with Gasteiger partial charge in [-0.05, 0) is 25.0 Å². The van der Waals surface area contributed by atoms with Gasteiger partial charge in [0.25, 0.3) is 0 Å². The maximum absolute atomic E-state index is 12.7. The lowest BCUT2D eigenvalue weighted by atomic mass is 9.87. The van der Waals surface area contributed by atoms with Gasteiger partial charge in [0.15, 0.2) is 0 Å². The van der Waals surface area contributed by atoms with Crippen LogP contribution in [0.4, 0.5) is 0 Å². The Morgan fingerprint density at radius 3 is 2.48 bits per heavy atom. The van der Waals surface area contributed by atoms with Crippen LogP contribution >= 0.6 is 0 Å². The van der Waals surface area contributed by atoms with E-state index in [2.05, 4.69) is 54.0 Å². The first kappa shape index (κ1) is 15.8. The Balaban J connectivity index is 1.69. The molecule has 3 nitrogen and oxygen atoms in total. The zero-order chi connectivity index (χ0) is 16.2. The minimum Gasteiger partial charge on any atom is -0.349 e. The minimum absolute atomic E-state index is 0.0103. The van der Waals surface area contributed by atoms with Crippen LogP contribution in [-0.4, -0.2) is 19.0 Å². The first-order chi connectivity index (χ1) is 11.1. The number of rotatable bonds is 4. The van der Waals surface area contributed by atoms with Gasteiger partial charge in [0.2, 0.25) is 5.91 Å². The summed E-state index contributed by atoms with van der Waals surface area (Å²) in [6.45, 7) is 5.73. The maximum Gasteiger partial charge on any atom is 0.225 e. The monoisotopic (exact) mass is 308 g/mol. The molecule has 3 atom stereocenters. The fourth-order valence-corrected chi connectivity index (χ4v) is 3.26. The largest absolute Gasteiger partial charge is 0.349 e. The number of hydrogen-bond acceptors (Lipinski definition) is 2. The molecule has 0 radical (unpaired) electrons. The Morgan fingerprint density at radius 2 is 1.78 bits per heavy atom. The molecule has 0 aromatic heterocycles. The molecule has 23 heavy (non-hydrogen) atoms. The molecule has 3 heteroatoms. The maximum atomic E-state index is 12.7. The SMILES string of the molecule is Cc1ccc(C2CNCC2C(=O)NC(C)c2ccccc2)cc1. The summed E-state index contributed by atoms with van der Waals surface area (Å²) in [7, 11) is 0. The van der Waals surface area contributed by atoms with E-state index in [1.807, 2.05) is 25.1 Å². The van der Waals surface area contributed by atoms with Crippen molar-refractivity contribution in [1.82, 2.24) is 10.6 Å². The highest BCUT2D eigenvalue weighted by Crippen LogP contribution is 2.29. The quantitative estimate of drug-likeness (QED) is 0.911. The van der Waals surface area contributed by atoms with E-state index >= 15 is 0 Å². The predicted molar refractivity (Wildman–Crippen MR) is 93.3 cm³/mol. The van der Waals surface area contributed by atoms with Crippen molar-refractivity contribution in [3.63, 3.8) is 0 Å².